The van der Waals surface area contributed by atoms with Gasteiger partial charge in [-0.3, -0.25) is 9.69 Å². The van der Waals surface area contributed by atoms with E-state index in [9.17, 15) is 4.79 Å². The number of hydrogen-bond acceptors (Lipinski definition) is 6. The highest BCUT2D eigenvalue weighted by molar-refractivity contribution is 5.81. The minimum Gasteiger partial charge on any atom is -0.368 e. The van der Waals surface area contributed by atoms with Gasteiger partial charge in [-0.25, -0.2) is 0 Å². The van der Waals surface area contributed by atoms with Gasteiger partial charge in [-0.2, -0.15) is 4.98 Å². The van der Waals surface area contributed by atoms with Crippen molar-refractivity contribution in [3.63, 3.8) is 0 Å². The number of rotatable bonds is 4. The van der Waals surface area contributed by atoms with E-state index >= 15 is 0 Å². The van der Waals surface area contributed by atoms with Crippen LogP contribution in [-0.2, 0) is 16.1 Å². The molecule has 1 aromatic rings. The zero-order valence-corrected chi connectivity index (χ0v) is 14.3. The van der Waals surface area contributed by atoms with Gasteiger partial charge in [-0.15, -0.1) is 0 Å². The second-order valence-electron chi connectivity index (χ2n) is 7.34. The fraction of sp³-hybridized carbons (Fsp3) is 0.824. The van der Waals surface area contributed by atoms with E-state index in [4.69, 9.17) is 9.26 Å². The summed E-state index contributed by atoms with van der Waals surface area (Å²) in [5.74, 6) is 2.56. The molecule has 0 spiro atoms. The third-order valence-electron chi connectivity index (χ3n) is 5.31. The first-order valence-corrected chi connectivity index (χ1v) is 9.16. The molecule has 0 radical (unpaired) electrons. The van der Waals surface area contributed by atoms with Crippen LogP contribution in [-0.4, -0.2) is 64.7 Å². The summed E-state index contributed by atoms with van der Waals surface area (Å²) in [5, 5.41) is 4.10. The number of carbonyl (C=O) groups excluding carboxylic acids is 1. The molecule has 7 heteroatoms. The van der Waals surface area contributed by atoms with Crippen molar-refractivity contribution >= 4 is 5.91 Å². The predicted molar refractivity (Wildman–Crippen MR) is 86.3 cm³/mol. The van der Waals surface area contributed by atoms with E-state index in [0.29, 0.717) is 25.0 Å². The first kappa shape index (κ1) is 16.0. The third-order valence-corrected chi connectivity index (χ3v) is 5.31. The van der Waals surface area contributed by atoms with Crippen molar-refractivity contribution in [2.24, 2.45) is 5.92 Å². The number of ether oxygens (including phenoxy) is 1. The van der Waals surface area contributed by atoms with Crippen molar-refractivity contribution < 1.29 is 14.1 Å². The maximum atomic E-state index is 12.7. The van der Waals surface area contributed by atoms with Crippen LogP contribution in [0.5, 0.6) is 0 Å². The fourth-order valence-corrected chi connectivity index (χ4v) is 3.57. The normalized spacial score (nSPS) is 29.0. The molecule has 1 amide bonds. The molecular weight excluding hydrogens is 308 g/mol. The van der Waals surface area contributed by atoms with Crippen LogP contribution in [0.15, 0.2) is 4.52 Å². The summed E-state index contributed by atoms with van der Waals surface area (Å²) in [6.45, 7) is 6.87. The molecule has 1 saturated carbocycles. The molecule has 2 atom stereocenters. The lowest BCUT2D eigenvalue weighted by Crippen LogP contribution is -2.43. The zero-order valence-electron chi connectivity index (χ0n) is 14.3. The van der Waals surface area contributed by atoms with Gasteiger partial charge in [0.1, 0.15) is 6.10 Å². The summed E-state index contributed by atoms with van der Waals surface area (Å²) in [6, 6.07) is 0. The van der Waals surface area contributed by atoms with Gasteiger partial charge in [0, 0.05) is 38.7 Å². The zero-order chi connectivity index (χ0) is 16.5. The molecule has 0 unspecified atom stereocenters. The van der Waals surface area contributed by atoms with Crippen molar-refractivity contribution in [3.05, 3.63) is 11.7 Å². The van der Waals surface area contributed by atoms with Crippen LogP contribution >= 0.6 is 0 Å². The quantitative estimate of drug-likeness (QED) is 0.829. The molecule has 24 heavy (non-hydrogen) atoms. The monoisotopic (exact) mass is 334 g/mol. The van der Waals surface area contributed by atoms with Gasteiger partial charge in [-0.1, -0.05) is 12.1 Å². The highest BCUT2D eigenvalue weighted by Gasteiger charge is 2.35. The van der Waals surface area contributed by atoms with Crippen LogP contribution in [0.4, 0.5) is 0 Å². The van der Waals surface area contributed by atoms with E-state index in [-0.39, 0.29) is 12.0 Å². The largest absolute Gasteiger partial charge is 0.368 e. The molecule has 2 saturated heterocycles. The van der Waals surface area contributed by atoms with E-state index in [2.05, 4.69) is 22.0 Å². The van der Waals surface area contributed by atoms with E-state index in [0.717, 1.165) is 50.7 Å². The first-order valence-electron chi connectivity index (χ1n) is 9.16. The molecule has 0 N–H and O–H groups in total. The van der Waals surface area contributed by atoms with Crippen molar-refractivity contribution in [2.45, 2.75) is 51.2 Å². The van der Waals surface area contributed by atoms with Crippen LogP contribution in [0.3, 0.4) is 0 Å². The minimum absolute atomic E-state index is 0.164. The molecular formula is C17H26N4O3. The number of amides is 1. The van der Waals surface area contributed by atoms with Crippen LogP contribution in [0.1, 0.15) is 50.2 Å². The lowest BCUT2D eigenvalue weighted by Gasteiger charge is -2.25. The molecule has 0 aromatic carbocycles. The van der Waals surface area contributed by atoms with E-state index in [1.807, 2.05) is 4.90 Å². The number of carbonyl (C=O) groups is 1. The average molecular weight is 334 g/mol. The summed E-state index contributed by atoms with van der Waals surface area (Å²) < 4.78 is 11.0. The Kier molecular flexibility index (Phi) is 4.54. The maximum absolute atomic E-state index is 12.7. The minimum atomic E-state index is -0.241. The van der Waals surface area contributed by atoms with Crippen molar-refractivity contribution in [1.29, 1.82) is 0 Å². The average Bonchev–Trinajstić information content (AvgIpc) is 3.25. The summed E-state index contributed by atoms with van der Waals surface area (Å²) in [4.78, 5) is 21.4. The molecule has 1 aromatic heterocycles. The Morgan fingerprint density at radius 1 is 1.21 bits per heavy atom. The third kappa shape index (κ3) is 3.47. The standard InChI is InChI=1S/C17H26N4O3/c1-12-5-10-23-15(12)17(22)21-7-2-6-20(8-9-21)11-14-18-16(24-19-14)13-3-4-13/h12-13,15H,2-11H2,1H3/t12-,15+/m1/s1. The SMILES string of the molecule is C[C@@H]1CCO[C@@H]1C(=O)N1CCCN(Cc2noc(C3CC3)n2)CC1. The Labute approximate surface area is 142 Å². The highest BCUT2D eigenvalue weighted by Crippen LogP contribution is 2.38. The molecule has 3 aliphatic rings. The Morgan fingerprint density at radius 2 is 2.08 bits per heavy atom. The smallest absolute Gasteiger partial charge is 0.252 e. The Morgan fingerprint density at radius 3 is 2.83 bits per heavy atom. The molecule has 1 aliphatic carbocycles. The van der Waals surface area contributed by atoms with Crippen LogP contribution in [0, 0.1) is 5.92 Å². The Bertz CT molecular complexity index is 586. The van der Waals surface area contributed by atoms with Crippen LogP contribution in [0.25, 0.3) is 0 Å². The number of hydrogen-bond donors (Lipinski definition) is 0. The Balaban J connectivity index is 1.31. The Hall–Kier alpha value is -1.47. The summed E-state index contributed by atoms with van der Waals surface area (Å²) in [6.07, 6.45) is 4.06. The van der Waals surface area contributed by atoms with Gasteiger partial charge in [0.2, 0.25) is 5.89 Å². The van der Waals surface area contributed by atoms with Gasteiger partial charge >= 0.3 is 0 Å². The van der Waals surface area contributed by atoms with Gasteiger partial charge < -0.3 is 14.2 Å². The second kappa shape index (κ2) is 6.80. The predicted octanol–water partition coefficient (Wildman–Crippen LogP) is 1.41. The fourth-order valence-electron chi connectivity index (χ4n) is 3.57. The highest BCUT2D eigenvalue weighted by atomic mass is 16.5. The lowest BCUT2D eigenvalue weighted by molar-refractivity contribution is -0.142. The molecule has 2 aliphatic heterocycles. The second-order valence-corrected chi connectivity index (χ2v) is 7.34. The van der Waals surface area contributed by atoms with Gasteiger partial charge in [-0.05, 0) is 31.6 Å². The van der Waals surface area contributed by atoms with Crippen molar-refractivity contribution in [1.82, 2.24) is 19.9 Å². The summed E-state index contributed by atoms with van der Waals surface area (Å²) in [7, 11) is 0. The van der Waals surface area contributed by atoms with Crippen molar-refractivity contribution in [3.8, 4) is 0 Å². The van der Waals surface area contributed by atoms with E-state index in [1.54, 1.807) is 0 Å². The summed E-state index contributed by atoms with van der Waals surface area (Å²) >= 11 is 0. The molecule has 3 fully saturated rings. The molecule has 0 bridgehead atoms. The summed E-state index contributed by atoms with van der Waals surface area (Å²) in [5.41, 5.74) is 0. The molecule has 7 nitrogen and oxygen atoms in total. The van der Waals surface area contributed by atoms with E-state index < -0.39 is 0 Å². The number of nitrogens with zero attached hydrogens (tertiary/aromatic N) is 4. The van der Waals surface area contributed by atoms with Crippen molar-refractivity contribution in [2.75, 3.05) is 32.8 Å². The molecule has 3 heterocycles. The topological polar surface area (TPSA) is 71.7 Å². The van der Waals surface area contributed by atoms with Gasteiger partial charge in [0.05, 0.1) is 6.54 Å². The van der Waals surface area contributed by atoms with Gasteiger partial charge in [0.15, 0.2) is 5.82 Å². The van der Waals surface area contributed by atoms with Crippen LogP contribution < -0.4 is 0 Å². The molecule has 132 valence electrons. The van der Waals surface area contributed by atoms with Gasteiger partial charge in [0.25, 0.3) is 5.91 Å². The maximum Gasteiger partial charge on any atom is 0.252 e. The van der Waals surface area contributed by atoms with E-state index in [1.165, 1.54) is 12.8 Å². The molecule has 4 rings (SSSR count). The number of aromatic nitrogens is 2. The van der Waals surface area contributed by atoms with Crippen LogP contribution in [0.2, 0.25) is 0 Å². The lowest BCUT2D eigenvalue weighted by atomic mass is 10.0. The first-order chi connectivity index (χ1) is 11.7.